The van der Waals surface area contributed by atoms with Gasteiger partial charge in [-0.2, -0.15) is 0 Å². The van der Waals surface area contributed by atoms with Gasteiger partial charge in [0, 0.05) is 14.8 Å². The summed E-state index contributed by atoms with van der Waals surface area (Å²) in [6, 6.07) is 16.0. The van der Waals surface area contributed by atoms with Gasteiger partial charge < -0.3 is 14.8 Å². The Hall–Kier alpha value is -1.83. The zero-order valence-corrected chi connectivity index (χ0v) is 15.3. The van der Waals surface area contributed by atoms with Crippen molar-refractivity contribution in [2.45, 2.75) is 6.61 Å². The van der Waals surface area contributed by atoms with E-state index in [0.29, 0.717) is 33.4 Å². The number of carbonyl (C=O) groups excluding carboxylic acids is 1. The van der Waals surface area contributed by atoms with E-state index in [-0.39, 0.29) is 12.5 Å². The molecule has 0 aliphatic carbocycles. The molecule has 0 saturated heterocycles. The van der Waals surface area contributed by atoms with Gasteiger partial charge in [-0.3, -0.25) is 4.79 Å². The Kier molecular flexibility index (Phi) is 5.23. The third kappa shape index (κ3) is 3.63. The number of benzene rings is 2. The SMILES string of the molecule is O=C(Nc1ccc(-c2ccc(CO)o2)c(Cl)c1)c1ccccc1I. The molecule has 2 aromatic carbocycles. The quantitative estimate of drug-likeness (QED) is 0.550. The number of rotatable bonds is 4. The lowest BCUT2D eigenvalue weighted by molar-refractivity contribution is 0.102. The van der Waals surface area contributed by atoms with Crippen LogP contribution in [0.1, 0.15) is 16.1 Å². The zero-order chi connectivity index (χ0) is 17.1. The topological polar surface area (TPSA) is 62.5 Å². The van der Waals surface area contributed by atoms with Crippen LogP contribution < -0.4 is 5.32 Å². The van der Waals surface area contributed by atoms with Crippen molar-refractivity contribution in [2.75, 3.05) is 5.32 Å². The van der Waals surface area contributed by atoms with Crippen LogP contribution in [-0.2, 0) is 6.61 Å². The van der Waals surface area contributed by atoms with E-state index in [0.717, 1.165) is 3.57 Å². The molecule has 122 valence electrons. The van der Waals surface area contributed by atoms with Gasteiger partial charge in [0.05, 0.1) is 10.6 Å². The van der Waals surface area contributed by atoms with E-state index < -0.39 is 0 Å². The molecule has 24 heavy (non-hydrogen) atoms. The van der Waals surface area contributed by atoms with Gasteiger partial charge in [-0.1, -0.05) is 23.7 Å². The summed E-state index contributed by atoms with van der Waals surface area (Å²) >= 11 is 8.43. The summed E-state index contributed by atoms with van der Waals surface area (Å²) in [5.74, 6) is 0.848. The van der Waals surface area contributed by atoms with Crippen molar-refractivity contribution >= 4 is 45.8 Å². The lowest BCUT2D eigenvalue weighted by atomic mass is 10.1. The Bertz CT molecular complexity index is 891. The van der Waals surface area contributed by atoms with Gasteiger partial charge in [-0.25, -0.2) is 0 Å². The Morgan fingerprint density at radius 2 is 1.96 bits per heavy atom. The molecule has 0 atom stereocenters. The molecule has 1 heterocycles. The van der Waals surface area contributed by atoms with Gasteiger partial charge in [0.2, 0.25) is 0 Å². The predicted molar refractivity (Wildman–Crippen MR) is 102 cm³/mol. The van der Waals surface area contributed by atoms with Gasteiger partial charge in [-0.05, 0) is 65.1 Å². The van der Waals surface area contributed by atoms with E-state index in [4.69, 9.17) is 21.1 Å². The Labute approximate surface area is 157 Å². The van der Waals surface area contributed by atoms with Gasteiger partial charge in [0.1, 0.15) is 18.1 Å². The average Bonchev–Trinajstić information content (AvgIpc) is 3.04. The normalized spacial score (nSPS) is 10.6. The lowest BCUT2D eigenvalue weighted by Gasteiger charge is -2.09. The zero-order valence-electron chi connectivity index (χ0n) is 12.4. The summed E-state index contributed by atoms with van der Waals surface area (Å²) in [6.07, 6.45) is 0. The molecular weight excluding hydrogens is 441 g/mol. The summed E-state index contributed by atoms with van der Waals surface area (Å²) in [5, 5.41) is 12.4. The van der Waals surface area contributed by atoms with Gasteiger partial charge in [0.25, 0.3) is 5.91 Å². The number of hydrogen-bond donors (Lipinski definition) is 2. The molecule has 0 radical (unpaired) electrons. The molecule has 0 unspecified atom stereocenters. The largest absolute Gasteiger partial charge is 0.459 e. The molecule has 0 fully saturated rings. The second-order valence-electron chi connectivity index (χ2n) is 5.05. The molecule has 1 amide bonds. The summed E-state index contributed by atoms with van der Waals surface area (Å²) in [6.45, 7) is -0.165. The maximum Gasteiger partial charge on any atom is 0.256 e. The molecule has 0 aliphatic rings. The highest BCUT2D eigenvalue weighted by molar-refractivity contribution is 14.1. The average molecular weight is 454 g/mol. The highest BCUT2D eigenvalue weighted by Crippen LogP contribution is 2.32. The summed E-state index contributed by atoms with van der Waals surface area (Å²) in [4.78, 5) is 12.3. The number of aliphatic hydroxyl groups excluding tert-OH is 1. The molecule has 0 bridgehead atoms. The van der Waals surface area contributed by atoms with Crippen LogP contribution in [0.15, 0.2) is 59.0 Å². The molecule has 3 aromatic rings. The highest BCUT2D eigenvalue weighted by atomic mass is 127. The molecule has 1 aromatic heterocycles. The number of hydrogen-bond acceptors (Lipinski definition) is 3. The van der Waals surface area contributed by atoms with E-state index in [2.05, 4.69) is 27.9 Å². The predicted octanol–water partition coefficient (Wildman–Crippen LogP) is 4.95. The van der Waals surface area contributed by atoms with E-state index in [9.17, 15) is 4.79 Å². The Morgan fingerprint density at radius 3 is 2.62 bits per heavy atom. The van der Waals surface area contributed by atoms with Crippen molar-refractivity contribution in [3.8, 4) is 11.3 Å². The van der Waals surface area contributed by atoms with Crippen LogP contribution in [0.25, 0.3) is 11.3 Å². The fourth-order valence-corrected chi connectivity index (χ4v) is 3.15. The fourth-order valence-electron chi connectivity index (χ4n) is 2.24. The standard InChI is InChI=1S/C18H13ClINO3/c19-15-9-11(21-18(23)14-3-1-2-4-16(14)20)5-7-13(15)17-8-6-12(10-22)24-17/h1-9,22H,10H2,(H,21,23). The van der Waals surface area contributed by atoms with Crippen LogP contribution in [0.4, 0.5) is 5.69 Å². The molecular formula is C18H13ClINO3. The number of halogens is 2. The molecule has 0 saturated carbocycles. The Morgan fingerprint density at radius 1 is 1.17 bits per heavy atom. The van der Waals surface area contributed by atoms with Crippen LogP contribution in [0.3, 0.4) is 0 Å². The van der Waals surface area contributed by atoms with Crippen molar-refractivity contribution in [3.63, 3.8) is 0 Å². The first-order valence-electron chi connectivity index (χ1n) is 7.14. The van der Waals surface area contributed by atoms with Crippen LogP contribution in [0.5, 0.6) is 0 Å². The second kappa shape index (κ2) is 7.38. The second-order valence-corrected chi connectivity index (χ2v) is 6.62. The summed E-state index contributed by atoms with van der Waals surface area (Å²) < 4.78 is 6.36. The molecule has 0 spiro atoms. The van der Waals surface area contributed by atoms with Crippen LogP contribution in [-0.4, -0.2) is 11.0 Å². The lowest BCUT2D eigenvalue weighted by Crippen LogP contribution is -2.13. The smallest absolute Gasteiger partial charge is 0.256 e. The number of amides is 1. The first-order chi connectivity index (χ1) is 11.6. The maximum absolute atomic E-state index is 12.3. The van der Waals surface area contributed by atoms with Crippen molar-refractivity contribution in [1.82, 2.24) is 0 Å². The minimum atomic E-state index is -0.190. The first kappa shape index (κ1) is 17.0. The molecule has 4 nitrogen and oxygen atoms in total. The van der Waals surface area contributed by atoms with E-state index >= 15 is 0 Å². The number of aliphatic hydroxyl groups is 1. The molecule has 0 aliphatic heterocycles. The number of anilines is 1. The van der Waals surface area contributed by atoms with Crippen molar-refractivity contribution in [2.24, 2.45) is 0 Å². The Balaban J connectivity index is 1.82. The van der Waals surface area contributed by atoms with Crippen LogP contribution >= 0.6 is 34.2 Å². The number of furan rings is 1. The summed E-state index contributed by atoms with van der Waals surface area (Å²) in [5.41, 5.74) is 1.91. The van der Waals surface area contributed by atoms with Crippen molar-refractivity contribution < 1.29 is 14.3 Å². The van der Waals surface area contributed by atoms with Gasteiger partial charge >= 0.3 is 0 Å². The van der Waals surface area contributed by atoms with E-state index in [1.165, 1.54) is 0 Å². The molecule has 2 N–H and O–H groups in total. The van der Waals surface area contributed by atoms with Crippen molar-refractivity contribution in [1.29, 1.82) is 0 Å². The van der Waals surface area contributed by atoms with E-state index in [1.807, 2.05) is 18.2 Å². The first-order valence-corrected chi connectivity index (χ1v) is 8.59. The fraction of sp³-hybridized carbons (Fsp3) is 0.0556. The van der Waals surface area contributed by atoms with Crippen LogP contribution in [0.2, 0.25) is 5.02 Å². The van der Waals surface area contributed by atoms with Gasteiger partial charge in [0.15, 0.2) is 0 Å². The maximum atomic E-state index is 12.3. The monoisotopic (exact) mass is 453 g/mol. The number of carbonyl (C=O) groups is 1. The minimum Gasteiger partial charge on any atom is -0.459 e. The number of nitrogens with one attached hydrogen (secondary N) is 1. The highest BCUT2D eigenvalue weighted by Gasteiger charge is 2.12. The molecule has 6 heteroatoms. The molecule has 3 rings (SSSR count). The van der Waals surface area contributed by atoms with Crippen LogP contribution in [0, 0.1) is 3.57 Å². The van der Waals surface area contributed by atoms with Crippen molar-refractivity contribution in [3.05, 3.63) is 74.5 Å². The van der Waals surface area contributed by atoms with Gasteiger partial charge in [-0.15, -0.1) is 0 Å². The summed E-state index contributed by atoms with van der Waals surface area (Å²) in [7, 11) is 0. The van der Waals surface area contributed by atoms with E-state index in [1.54, 1.807) is 36.4 Å². The minimum absolute atomic E-state index is 0.165. The third-order valence-corrected chi connectivity index (χ3v) is 4.68. The third-order valence-electron chi connectivity index (χ3n) is 3.43.